The second kappa shape index (κ2) is 6.97. The molecule has 0 saturated heterocycles. The summed E-state index contributed by atoms with van der Waals surface area (Å²) in [7, 11) is 0. The maximum atomic E-state index is 9.56. The zero-order valence-electron chi connectivity index (χ0n) is 16.3. The monoisotopic (exact) mass is 364 g/mol. The van der Waals surface area contributed by atoms with Crippen molar-refractivity contribution < 1.29 is 5.11 Å². The van der Waals surface area contributed by atoms with Crippen molar-refractivity contribution in [1.82, 2.24) is 14.4 Å². The molecule has 2 N–H and O–H groups in total. The van der Waals surface area contributed by atoms with E-state index in [1.807, 2.05) is 24.4 Å². The van der Waals surface area contributed by atoms with Crippen molar-refractivity contribution in [3.63, 3.8) is 0 Å². The Hall–Kier alpha value is -2.40. The van der Waals surface area contributed by atoms with Gasteiger partial charge in [-0.15, -0.1) is 0 Å². The molecule has 1 aliphatic carbocycles. The van der Waals surface area contributed by atoms with Crippen LogP contribution < -0.4 is 5.32 Å². The fraction of sp³-hybridized carbons (Fsp3) is 0.455. The van der Waals surface area contributed by atoms with Crippen molar-refractivity contribution in [2.75, 3.05) is 11.9 Å². The molecule has 3 aromatic heterocycles. The smallest absolute Gasteiger partial charge is 0.137 e. The zero-order chi connectivity index (χ0) is 19.0. The highest BCUT2D eigenvalue weighted by atomic mass is 16.3. The molecule has 0 aliphatic heterocycles. The Bertz CT molecular complexity index is 941. The minimum absolute atomic E-state index is 0.0777. The average Bonchev–Trinajstić information content (AvgIpc) is 3.27. The topological polar surface area (TPSA) is 62.5 Å². The maximum absolute atomic E-state index is 9.56. The Balaban J connectivity index is 1.67. The Morgan fingerprint density at radius 1 is 1.19 bits per heavy atom. The van der Waals surface area contributed by atoms with Gasteiger partial charge in [-0.1, -0.05) is 39.3 Å². The van der Waals surface area contributed by atoms with Crippen molar-refractivity contribution in [2.45, 2.75) is 51.5 Å². The Kier molecular flexibility index (Phi) is 4.64. The van der Waals surface area contributed by atoms with Crippen LogP contribution in [0.1, 0.15) is 45.6 Å². The predicted molar refractivity (Wildman–Crippen MR) is 109 cm³/mol. The summed E-state index contributed by atoms with van der Waals surface area (Å²) in [6.07, 6.45) is 7.38. The van der Waals surface area contributed by atoms with Gasteiger partial charge < -0.3 is 10.4 Å². The molecule has 0 spiro atoms. The first-order chi connectivity index (χ1) is 13.0. The van der Waals surface area contributed by atoms with Crippen LogP contribution in [-0.2, 0) is 5.41 Å². The van der Waals surface area contributed by atoms with Gasteiger partial charge in [0.25, 0.3) is 0 Å². The molecular weight excluding hydrogens is 336 g/mol. The van der Waals surface area contributed by atoms with Crippen LogP contribution in [0, 0.1) is 5.92 Å². The van der Waals surface area contributed by atoms with Crippen molar-refractivity contribution in [2.24, 2.45) is 5.92 Å². The largest absolute Gasteiger partial charge is 0.396 e. The lowest BCUT2D eigenvalue weighted by atomic mass is 9.88. The predicted octanol–water partition coefficient (Wildman–Crippen LogP) is 4.27. The highest BCUT2D eigenvalue weighted by molar-refractivity contribution is 5.62. The van der Waals surface area contributed by atoms with E-state index < -0.39 is 0 Å². The number of aliphatic hydroxyl groups excluding tert-OH is 1. The quantitative estimate of drug-likeness (QED) is 0.726. The van der Waals surface area contributed by atoms with E-state index >= 15 is 0 Å². The molecule has 5 heteroatoms. The molecule has 1 fully saturated rings. The standard InChI is InChI=1S/C22H28N4O/c1-22(2,3)16-10-11-21-23-12-19(26(21)13-16)18-8-5-9-20(25-18)24-17-7-4-6-15(17)14-27/h5,8-13,15,17,27H,4,6-7,14H2,1-3H3,(H,24,25)/t15-,17+/m1/s1. The lowest BCUT2D eigenvalue weighted by molar-refractivity contribution is 0.222. The van der Waals surface area contributed by atoms with E-state index in [1.54, 1.807) is 0 Å². The van der Waals surface area contributed by atoms with Gasteiger partial charge in [0.1, 0.15) is 11.5 Å². The number of aromatic nitrogens is 3. The summed E-state index contributed by atoms with van der Waals surface area (Å²) in [6, 6.07) is 10.6. The fourth-order valence-electron chi connectivity index (χ4n) is 3.91. The van der Waals surface area contributed by atoms with Crippen molar-refractivity contribution in [3.05, 3.63) is 48.3 Å². The molecule has 3 aromatic rings. The maximum Gasteiger partial charge on any atom is 0.137 e. The number of nitrogens with one attached hydrogen (secondary N) is 1. The van der Waals surface area contributed by atoms with E-state index in [0.717, 1.165) is 42.1 Å². The van der Waals surface area contributed by atoms with Crippen LogP contribution in [0.4, 0.5) is 5.82 Å². The van der Waals surface area contributed by atoms with Crippen LogP contribution >= 0.6 is 0 Å². The number of hydrogen-bond acceptors (Lipinski definition) is 4. The molecule has 0 radical (unpaired) electrons. The normalized spacial score (nSPS) is 20.3. The molecule has 0 amide bonds. The molecule has 0 unspecified atom stereocenters. The average molecular weight is 364 g/mol. The van der Waals surface area contributed by atoms with Crippen LogP contribution in [0.15, 0.2) is 42.7 Å². The number of pyridine rings is 2. The zero-order valence-corrected chi connectivity index (χ0v) is 16.3. The summed E-state index contributed by atoms with van der Waals surface area (Å²) in [5.74, 6) is 1.18. The molecule has 0 aromatic carbocycles. The first kappa shape index (κ1) is 18.0. The van der Waals surface area contributed by atoms with Gasteiger partial charge in [0.15, 0.2) is 0 Å². The van der Waals surface area contributed by atoms with Crippen molar-refractivity contribution >= 4 is 11.5 Å². The molecule has 1 saturated carbocycles. The third kappa shape index (κ3) is 3.56. The lowest BCUT2D eigenvalue weighted by Crippen LogP contribution is -2.26. The van der Waals surface area contributed by atoms with Gasteiger partial charge in [-0.25, -0.2) is 9.97 Å². The van der Waals surface area contributed by atoms with Crippen molar-refractivity contribution in [1.29, 1.82) is 0 Å². The van der Waals surface area contributed by atoms with Crippen LogP contribution in [0.25, 0.3) is 17.0 Å². The van der Waals surface area contributed by atoms with E-state index in [0.29, 0.717) is 12.0 Å². The highest BCUT2D eigenvalue weighted by Gasteiger charge is 2.26. The number of nitrogens with zero attached hydrogens (tertiary/aromatic N) is 3. The summed E-state index contributed by atoms with van der Waals surface area (Å²) >= 11 is 0. The number of fused-ring (bicyclic) bond motifs is 1. The molecule has 142 valence electrons. The summed E-state index contributed by atoms with van der Waals surface area (Å²) in [5, 5.41) is 13.1. The van der Waals surface area contributed by atoms with Gasteiger partial charge >= 0.3 is 0 Å². The van der Waals surface area contributed by atoms with Crippen molar-refractivity contribution in [3.8, 4) is 11.4 Å². The van der Waals surface area contributed by atoms with E-state index in [9.17, 15) is 5.11 Å². The van der Waals surface area contributed by atoms with Crippen LogP contribution in [-0.4, -0.2) is 32.1 Å². The minimum atomic E-state index is 0.0777. The van der Waals surface area contributed by atoms with Gasteiger partial charge in [-0.05, 0) is 42.0 Å². The lowest BCUT2D eigenvalue weighted by Gasteiger charge is -2.20. The first-order valence-electron chi connectivity index (χ1n) is 9.78. The van der Waals surface area contributed by atoms with Gasteiger partial charge in [-0.3, -0.25) is 4.40 Å². The van der Waals surface area contributed by atoms with E-state index in [1.165, 1.54) is 5.56 Å². The van der Waals surface area contributed by atoms with Crippen LogP contribution in [0.3, 0.4) is 0 Å². The van der Waals surface area contributed by atoms with Crippen LogP contribution in [0.2, 0.25) is 0 Å². The molecule has 4 rings (SSSR count). The van der Waals surface area contributed by atoms with E-state index in [4.69, 9.17) is 4.98 Å². The third-order valence-corrected chi connectivity index (χ3v) is 5.61. The number of aliphatic hydroxyl groups is 1. The number of hydrogen-bond donors (Lipinski definition) is 2. The Morgan fingerprint density at radius 3 is 2.81 bits per heavy atom. The second-order valence-electron chi connectivity index (χ2n) is 8.57. The fourth-order valence-corrected chi connectivity index (χ4v) is 3.91. The SMILES string of the molecule is CC(C)(C)c1ccc2ncc(-c3cccc(N[C@H]4CCC[C@@H]4CO)n3)n2c1. The van der Waals surface area contributed by atoms with Gasteiger partial charge in [0, 0.05) is 24.8 Å². The van der Waals surface area contributed by atoms with Gasteiger partial charge in [-0.2, -0.15) is 0 Å². The minimum Gasteiger partial charge on any atom is -0.396 e. The molecular formula is C22H28N4O. The summed E-state index contributed by atoms with van der Waals surface area (Å²) < 4.78 is 2.12. The number of rotatable bonds is 4. The third-order valence-electron chi connectivity index (χ3n) is 5.61. The Morgan fingerprint density at radius 2 is 2.04 bits per heavy atom. The van der Waals surface area contributed by atoms with E-state index in [-0.39, 0.29) is 12.0 Å². The van der Waals surface area contributed by atoms with Gasteiger partial charge in [0.05, 0.1) is 17.6 Å². The number of anilines is 1. The van der Waals surface area contributed by atoms with E-state index in [2.05, 4.69) is 53.8 Å². The molecule has 1 aliphatic rings. The van der Waals surface area contributed by atoms with Crippen LogP contribution in [0.5, 0.6) is 0 Å². The molecule has 27 heavy (non-hydrogen) atoms. The molecule has 5 nitrogen and oxygen atoms in total. The summed E-state index contributed by atoms with van der Waals surface area (Å²) in [4.78, 5) is 9.38. The first-order valence-corrected chi connectivity index (χ1v) is 9.78. The summed E-state index contributed by atoms with van der Waals surface area (Å²) in [6.45, 7) is 6.88. The molecule has 3 heterocycles. The number of imidazole rings is 1. The highest BCUT2D eigenvalue weighted by Crippen LogP contribution is 2.29. The second-order valence-corrected chi connectivity index (χ2v) is 8.57. The van der Waals surface area contributed by atoms with Gasteiger partial charge in [0.2, 0.25) is 0 Å². The molecule has 0 bridgehead atoms. The summed E-state index contributed by atoms with van der Waals surface area (Å²) in [5.41, 5.74) is 4.16. The molecule has 2 atom stereocenters. The Labute approximate surface area is 160 Å².